The zero-order chi connectivity index (χ0) is 21.8. The summed E-state index contributed by atoms with van der Waals surface area (Å²) < 4.78 is 0. The van der Waals surface area contributed by atoms with Gasteiger partial charge in [0.05, 0.1) is 18.0 Å². The largest absolute Gasteiger partial charge is 0.387 e. The van der Waals surface area contributed by atoms with Gasteiger partial charge in [-0.05, 0) is 23.3 Å². The maximum atomic E-state index is 12.9. The van der Waals surface area contributed by atoms with E-state index < -0.39 is 6.10 Å². The van der Waals surface area contributed by atoms with Crippen molar-refractivity contribution in [1.82, 2.24) is 14.9 Å². The van der Waals surface area contributed by atoms with Gasteiger partial charge in [-0.1, -0.05) is 60.1 Å². The third-order valence-corrected chi connectivity index (χ3v) is 6.15. The molecule has 2 N–H and O–H groups in total. The van der Waals surface area contributed by atoms with Crippen LogP contribution in [0, 0.1) is 0 Å². The summed E-state index contributed by atoms with van der Waals surface area (Å²) in [6, 6.07) is 16.9. The van der Waals surface area contributed by atoms with Gasteiger partial charge in [0, 0.05) is 29.1 Å². The van der Waals surface area contributed by atoms with Crippen LogP contribution in [-0.2, 0) is 6.54 Å². The summed E-state index contributed by atoms with van der Waals surface area (Å²) in [4.78, 5) is 23.2. The molecule has 158 valence electrons. The van der Waals surface area contributed by atoms with E-state index in [1.54, 1.807) is 6.08 Å². The topological polar surface area (TPSA) is 69.2 Å². The van der Waals surface area contributed by atoms with Crippen molar-refractivity contribution >= 4 is 33.2 Å². The van der Waals surface area contributed by atoms with Crippen LogP contribution < -0.4 is 5.56 Å². The van der Waals surface area contributed by atoms with Crippen molar-refractivity contribution in [2.75, 3.05) is 13.1 Å². The third-order valence-electron chi connectivity index (χ3n) is 5.02. The van der Waals surface area contributed by atoms with Crippen LogP contribution >= 0.6 is 22.9 Å². The lowest BCUT2D eigenvalue weighted by atomic mass is 10.1. The molecule has 2 aromatic heterocycles. The molecule has 7 heteroatoms. The zero-order valence-corrected chi connectivity index (χ0v) is 18.4. The van der Waals surface area contributed by atoms with Crippen LogP contribution in [-0.4, -0.2) is 33.1 Å². The Labute approximate surface area is 189 Å². The molecule has 0 aliphatic heterocycles. The first-order valence-corrected chi connectivity index (χ1v) is 11.1. The van der Waals surface area contributed by atoms with E-state index in [0.717, 1.165) is 16.7 Å². The number of aliphatic hydroxyl groups is 1. The molecule has 0 spiro atoms. The van der Waals surface area contributed by atoms with Gasteiger partial charge in [-0.25, -0.2) is 4.98 Å². The molecule has 1 unspecified atom stereocenters. The van der Waals surface area contributed by atoms with Crippen molar-refractivity contribution in [1.29, 1.82) is 0 Å². The van der Waals surface area contributed by atoms with E-state index in [0.29, 0.717) is 40.7 Å². The quantitative estimate of drug-likeness (QED) is 0.369. The van der Waals surface area contributed by atoms with Crippen molar-refractivity contribution in [3.8, 4) is 11.1 Å². The molecule has 0 saturated heterocycles. The lowest BCUT2D eigenvalue weighted by Crippen LogP contribution is -2.30. The Bertz CT molecular complexity index is 1240. The molecule has 0 fully saturated rings. The third kappa shape index (κ3) is 4.94. The molecule has 0 aliphatic carbocycles. The number of aromatic amines is 1. The normalized spacial score (nSPS) is 12.4. The van der Waals surface area contributed by atoms with Crippen LogP contribution in [0.25, 0.3) is 21.3 Å². The number of fused-ring (bicyclic) bond motifs is 1. The first-order valence-electron chi connectivity index (χ1n) is 9.87. The fraction of sp³-hybridized carbons (Fsp3) is 0.167. The van der Waals surface area contributed by atoms with E-state index in [2.05, 4.69) is 16.5 Å². The minimum absolute atomic E-state index is 0.173. The van der Waals surface area contributed by atoms with Crippen molar-refractivity contribution in [2.24, 2.45) is 0 Å². The predicted molar refractivity (Wildman–Crippen MR) is 128 cm³/mol. The summed E-state index contributed by atoms with van der Waals surface area (Å²) in [5, 5.41) is 13.8. The molecule has 2 heterocycles. The standard InChI is InChI=1S/C24H22ClN3O2S/c1-2-12-28(13-20(29)17-6-4-3-5-7-17)14-21-26-23(30)22-19(15-31-24(22)27-21)16-8-10-18(25)11-9-16/h2-11,15,20,29H,1,12-14H2,(H,26,27,30). The highest BCUT2D eigenvalue weighted by Crippen LogP contribution is 2.31. The Morgan fingerprint density at radius 1 is 1.19 bits per heavy atom. The van der Waals surface area contributed by atoms with Crippen LogP contribution in [0.4, 0.5) is 0 Å². The summed E-state index contributed by atoms with van der Waals surface area (Å²) in [7, 11) is 0. The second-order valence-electron chi connectivity index (χ2n) is 7.26. The number of hydrogen-bond donors (Lipinski definition) is 2. The number of hydrogen-bond acceptors (Lipinski definition) is 5. The van der Waals surface area contributed by atoms with Crippen molar-refractivity contribution in [3.63, 3.8) is 0 Å². The molecule has 4 aromatic rings. The number of thiophene rings is 1. The van der Waals surface area contributed by atoms with Gasteiger partial charge in [0.25, 0.3) is 5.56 Å². The fourth-order valence-electron chi connectivity index (χ4n) is 3.53. The van der Waals surface area contributed by atoms with Gasteiger partial charge in [-0.3, -0.25) is 9.69 Å². The minimum atomic E-state index is -0.644. The maximum absolute atomic E-state index is 12.9. The molecule has 1 atom stereocenters. The summed E-state index contributed by atoms with van der Waals surface area (Å²) in [5.74, 6) is 0.559. The highest BCUT2D eigenvalue weighted by atomic mass is 35.5. The highest BCUT2D eigenvalue weighted by molar-refractivity contribution is 7.17. The van der Waals surface area contributed by atoms with Crippen LogP contribution in [0.2, 0.25) is 5.02 Å². The monoisotopic (exact) mass is 451 g/mol. The Kier molecular flexibility index (Phi) is 6.63. The van der Waals surface area contributed by atoms with Crippen LogP contribution in [0.3, 0.4) is 0 Å². The predicted octanol–water partition coefficient (Wildman–Crippen LogP) is 5.03. The smallest absolute Gasteiger partial charge is 0.260 e. The number of nitrogens with one attached hydrogen (secondary N) is 1. The Morgan fingerprint density at radius 2 is 1.94 bits per heavy atom. The fourth-order valence-corrected chi connectivity index (χ4v) is 4.63. The summed E-state index contributed by atoms with van der Waals surface area (Å²) >= 11 is 7.43. The van der Waals surface area contributed by atoms with Gasteiger partial charge in [0.1, 0.15) is 10.7 Å². The number of aromatic nitrogens is 2. The van der Waals surface area contributed by atoms with Gasteiger partial charge in [-0.15, -0.1) is 17.9 Å². The molecule has 0 amide bonds. The maximum Gasteiger partial charge on any atom is 0.260 e. The number of benzene rings is 2. The SMILES string of the molecule is C=CCN(Cc1nc2scc(-c3ccc(Cl)cc3)c2c(=O)[nH]1)CC(O)c1ccccc1. The molecular formula is C24H22ClN3O2S. The average Bonchev–Trinajstić information content (AvgIpc) is 3.19. The number of nitrogens with zero attached hydrogens (tertiary/aromatic N) is 2. The zero-order valence-electron chi connectivity index (χ0n) is 16.8. The number of halogens is 1. The highest BCUT2D eigenvalue weighted by Gasteiger charge is 2.17. The number of rotatable bonds is 8. The number of aliphatic hydroxyl groups excluding tert-OH is 1. The summed E-state index contributed by atoms with van der Waals surface area (Å²) in [5.41, 5.74) is 2.45. The second kappa shape index (κ2) is 9.58. The molecule has 0 saturated carbocycles. The van der Waals surface area contributed by atoms with Crippen molar-refractivity contribution < 1.29 is 5.11 Å². The van der Waals surface area contributed by atoms with E-state index in [-0.39, 0.29) is 5.56 Å². The van der Waals surface area contributed by atoms with Crippen LogP contribution in [0.15, 0.2) is 77.4 Å². The van der Waals surface area contributed by atoms with Gasteiger partial charge in [0.2, 0.25) is 0 Å². The van der Waals surface area contributed by atoms with Gasteiger partial charge in [0.15, 0.2) is 0 Å². The second-order valence-corrected chi connectivity index (χ2v) is 8.55. The summed E-state index contributed by atoms with van der Waals surface area (Å²) in [6.07, 6.45) is 1.13. The Morgan fingerprint density at radius 3 is 2.65 bits per heavy atom. The number of H-pyrrole nitrogens is 1. The lowest BCUT2D eigenvalue weighted by Gasteiger charge is -2.23. The van der Waals surface area contributed by atoms with Crippen LogP contribution in [0.1, 0.15) is 17.5 Å². The van der Waals surface area contributed by atoms with Crippen LogP contribution in [0.5, 0.6) is 0 Å². The van der Waals surface area contributed by atoms with E-state index in [4.69, 9.17) is 11.6 Å². The Hall–Kier alpha value is -2.77. The molecular weight excluding hydrogens is 430 g/mol. The Balaban J connectivity index is 1.59. The molecule has 0 aliphatic rings. The molecule has 5 nitrogen and oxygen atoms in total. The molecule has 0 bridgehead atoms. The van der Waals surface area contributed by atoms with Crippen molar-refractivity contribution in [3.05, 3.63) is 99.4 Å². The average molecular weight is 452 g/mol. The van der Waals surface area contributed by atoms with E-state index in [9.17, 15) is 9.90 Å². The van der Waals surface area contributed by atoms with Gasteiger partial charge >= 0.3 is 0 Å². The van der Waals surface area contributed by atoms with Gasteiger partial charge < -0.3 is 10.1 Å². The molecule has 31 heavy (non-hydrogen) atoms. The molecule has 2 aromatic carbocycles. The summed E-state index contributed by atoms with van der Waals surface area (Å²) in [6.45, 7) is 5.17. The van der Waals surface area contributed by atoms with E-state index >= 15 is 0 Å². The van der Waals surface area contributed by atoms with E-state index in [1.807, 2.05) is 64.9 Å². The molecule has 0 radical (unpaired) electrons. The molecule has 4 rings (SSSR count). The van der Waals surface area contributed by atoms with Gasteiger partial charge in [-0.2, -0.15) is 0 Å². The first kappa shape index (κ1) is 21.5. The minimum Gasteiger partial charge on any atom is -0.387 e. The first-order chi connectivity index (χ1) is 15.0. The van der Waals surface area contributed by atoms with E-state index in [1.165, 1.54) is 11.3 Å². The lowest BCUT2D eigenvalue weighted by molar-refractivity contribution is 0.114. The van der Waals surface area contributed by atoms with Crippen molar-refractivity contribution in [2.45, 2.75) is 12.6 Å².